The molecule has 2 aromatic rings. The topological polar surface area (TPSA) is 27.1 Å². The molecule has 0 N–H and O–H groups in total. The van der Waals surface area contributed by atoms with E-state index in [2.05, 4.69) is 21.7 Å². The average Bonchev–Trinajstić information content (AvgIpc) is 2.84. The minimum Gasteiger partial charge on any atom is -0.378 e. The van der Waals surface area contributed by atoms with E-state index in [1.165, 1.54) is 24.8 Å². The SMILES string of the molecule is ClCc1nc2ccccc2n1CCC1CCCCO1. The van der Waals surface area contributed by atoms with Crippen LogP contribution < -0.4 is 0 Å². The van der Waals surface area contributed by atoms with Gasteiger partial charge in [0, 0.05) is 13.2 Å². The molecule has 0 bridgehead atoms. The van der Waals surface area contributed by atoms with Gasteiger partial charge in [0.1, 0.15) is 5.82 Å². The van der Waals surface area contributed by atoms with Gasteiger partial charge in [0.05, 0.1) is 23.0 Å². The number of ether oxygens (including phenoxy) is 1. The predicted molar refractivity (Wildman–Crippen MR) is 77.5 cm³/mol. The number of para-hydroxylation sites is 2. The van der Waals surface area contributed by atoms with Crippen molar-refractivity contribution in [2.75, 3.05) is 6.61 Å². The van der Waals surface area contributed by atoms with Crippen LogP contribution in [0.2, 0.25) is 0 Å². The number of nitrogens with zero attached hydrogens (tertiary/aromatic N) is 2. The van der Waals surface area contributed by atoms with Gasteiger partial charge in [-0.25, -0.2) is 4.98 Å². The molecule has 1 aliphatic rings. The Kier molecular flexibility index (Phi) is 4.04. The highest BCUT2D eigenvalue weighted by atomic mass is 35.5. The molecule has 3 nitrogen and oxygen atoms in total. The quantitative estimate of drug-likeness (QED) is 0.797. The van der Waals surface area contributed by atoms with Crippen molar-refractivity contribution in [1.29, 1.82) is 0 Å². The standard InChI is InChI=1S/C15H19ClN2O/c16-11-15-17-13-6-1-2-7-14(13)18(15)9-8-12-5-3-4-10-19-12/h1-2,6-7,12H,3-5,8-11H2. The lowest BCUT2D eigenvalue weighted by molar-refractivity contribution is 0.00889. The van der Waals surface area contributed by atoms with Crippen molar-refractivity contribution >= 4 is 22.6 Å². The molecule has 0 amide bonds. The van der Waals surface area contributed by atoms with Gasteiger partial charge < -0.3 is 9.30 Å². The number of halogens is 1. The van der Waals surface area contributed by atoms with Gasteiger partial charge in [0.25, 0.3) is 0 Å². The number of aromatic nitrogens is 2. The van der Waals surface area contributed by atoms with Crippen LogP contribution in [0.4, 0.5) is 0 Å². The Hall–Kier alpha value is -1.06. The molecule has 1 aromatic heterocycles. The van der Waals surface area contributed by atoms with Gasteiger partial charge in [-0.05, 0) is 37.8 Å². The van der Waals surface area contributed by atoms with E-state index in [4.69, 9.17) is 16.3 Å². The van der Waals surface area contributed by atoms with Crippen LogP contribution in [0.25, 0.3) is 11.0 Å². The van der Waals surface area contributed by atoms with Crippen molar-refractivity contribution in [2.24, 2.45) is 0 Å². The number of hydrogen-bond acceptors (Lipinski definition) is 2. The largest absolute Gasteiger partial charge is 0.378 e. The first kappa shape index (κ1) is 12.9. The lowest BCUT2D eigenvalue weighted by Crippen LogP contribution is -2.21. The molecule has 1 fully saturated rings. The lowest BCUT2D eigenvalue weighted by atomic mass is 10.1. The fourth-order valence-electron chi connectivity index (χ4n) is 2.79. The molecule has 2 heterocycles. The molecule has 0 saturated carbocycles. The second kappa shape index (κ2) is 5.93. The molecular weight excluding hydrogens is 260 g/mol. The monoisotopic (exact) mass is 278 g/mol. The van der Waals surface area contributed by atoms with Crippen LogP contribution in [0.15, 0.2) is 24.3 Å². The van der Waals surface area contributed by atoms with E-state index in [1.807, 2.05) is 12.1 Å². The van der Waals surface area contributed by atoms with Crippen LogP contribution in [-0.4, -0.2) is 22.3 Å². The van der Waals surface area contributed by atoms with Crippen LogP contribution in [0.1, 0.15) is 31.5 Å². The fraction of sp³-hybridized carbons (Fsp3) is 0.533. The highest BCUT2D eigenvalue weighted by Gasteiger charge is 2.15. The van der Waals surface area contributed by atoms with E-state index in [1.54, 1.807) is 0 Å². The lowest BCUT2D eigenvalue weighted by Gasteiger charge is -2.23. The summed E-state index contributed by atoms with van der Waals surface area (Å²) < 4.78 is 8.03. The third-order valence-corrected chi connectivity index (χ3v) is 4.04. The van der Waals surface area contributed by atoms with E-state index in [-0.39, 0.29) is 0 Å². The number of aryl methyl sites for hydroxylation is 1. The number of fused-ring (bicyclic) bond motifs is 1. The molecule has 1 aromatic carbocycles. The second-order valence-electron chi connectivity index (χ2n) is 5.08. The van der Waals surface area contributed by atoms with Gasteiger partial charge in [-0.3, -0.25) is 0 Å². The Morgan fingerprint density at radius 3 is 3.00 bits per heavy atom. The number of alkyl halides is 1. The number of rotatable bonds is 4. The highest BCUT2D eigenvalue weighted by molar-refractivity contribution is 6.16. The Bertz CT molecular complexity index is 546. The van der Waals surface area contributed by atoms with Crippen molar-refractivity contribution in [2.45, 2.75) is 44.2 Å². The minimum absolute atomic E-state index is 0.401. The minimum atomic E-state index is 0.401. The van der Waals surface area contributed by atoms with E-state index < -0.39 is 0 Å². The third kappa shape index (κ3) is 2.77. The molecule has 3 rings (SSSR count). The maximum absolute atomic E-state index is 6.01. The van der Waals surface area contributed by atoms with E-state index in [9.17, 15) is 0 Å². The van der Waals surface area contributed by atoms with Crippen molar-refractivity contribution in [3.63, 3.8) is 0 Å². The number of benzene rings is 1. The summed E-state index contributed by atoms with van der Waals surface area (Å²) in [4.78, 5) is 4.59. The van der Waals surface area contributed by atoms with Crippen molar-refractivity contribution in [3.05, 3.63) is 30.1 Å². The zero-order valence-corrected chi connectivity index (χ0v) is 11.8. The molecule has 19 heavy (non-hydrogen) atoms. The van der Waals surface area contributed by atoms with Gasteiger partial charge in [0.15, 0.2) is 0 Å². The number of hydrogen-bond donors (Lipinski definition) is 0. The summed E-state index contributed by atoms with van der Waals surface area (Å²) in [7, 11) is 0. The summed E-state index contributed by atoms with van der Waals surface area (Å²) in [5, 5.41) is 0. The Morgan fingerprint density at radius 2 is 2.21 bits per heavy atom. The maximum atomic E-state index is 6.01. The van der Waals surface area contributed by atoms with Crippen LogP contribution in [0.5, 0.6) is 0 Å². The molecule has 1 aliphatic heterocycles. The normalized spacial score (nSPS) is 19.9. The summed E-state index contributed by atoms with van der Waals surface area (Å²) in [6.45, 7) is 1.85. The molecule has 0 radical (unpaired) electrons. The van der Waals surface area contributed by atoms with Crippen LogP contribution in [0, 0.1) is 0 Å². The molecule has 102 valence electrons. The van der Waals surface area contributed by atoms with E-state index in [0.29, 0.717) is 12.0 Å². The van der Waals surface area contributed by atoms with Crippen LogP contribution in [-0.2, 0) is 17.2 Å². The predicted octanol–water partition coefficient (Wildman–Crippen LogP) is 3.73. The summed E-state index contributed by atoms with van der Waals surface area (Å²) in [5.74, 6) is 1.42. The van der Waals surface area contributed by atoms with Crippen molar-refractivity contribution in [3.8, 4) is 0 Å². The van der Waals surface area contributed by atoms with Crippen molar-refractivity contribution < 1.29 is 4.74 Å². The van der Waals surface area contributed by atoms with Gasteiger partial charge >= 0.3 is 0 Å². The summed E-state index contributed by atoms with van der Waals surface area (Å²) in [5.41, 5.74) is 2.21. The zero-order chi connectivity index (χ0) is 13.1. The Labute approximate surface area is 118 Å². The second-order valence-corrected chi connectivity index (χ2v) is 5.35. The Balaban J connectivity index is 1.78. The molecule has 1 unspecified atom stereocenters. The summed E-state index contributed by atoms with van der Waals surface area (Å²) >= 11 is 6.01. The van der Waals surface area contributed by atoms with E-state index in [0.717, 1.165) is 30.9 Å². The first-order chi connectivity index (χ1) is 9.38. The molecule has 4 heteroatoms. The average molecular weight is 279 g/mol. The first-order valence-electron chi connectivity index (χ1n) is 7.00. The van der Waals surface area contributed by atoms with Gasteiger partial charge in [-0.2, -0.15) is 0 Å². The van der Waals surface area contributed by atoms with Crippen LogP contribution >= 0.6 is 11.6 Å². The Morgan fingerprint density at radius 1 is 1.32 bits per heavy atom. The van der Waals surface area contributed by atoms with Gasteiger partial charge in [-0.15, -0.1) is 11.6 Å². The smallest absolute Gasteiger partial charge is 0.124 e. The fourth-order valence-corrected chi connectivity index (χ4v) is 2.99. The van der Waals surface area contributed by atoms with Crippen molar-refractivity contribution in [1.82, 2.24) is 9.55 Å². The van der Waals surface area contributed by atoms with Crippen LogP contribution in [0.3, 0.4) is 0 Å². The van der Waals surface area contributed by atoms with Gasteiger partial charge in [-0.1, -0.05) is 12.1 Å². The molecule has 1 atom stereocenters. The third-order valence-electron chi connectivity index (χ3n) is 3.80. The summed E-state index contributed by atoms with van der Waals surface area (Å²) in [6.07, 6.45) is 5.13. The molecule has 0 aliphatic carbocycles. The van der Waals surface area contributed by atoms with Gasteiger partial charge in [0.2, 0.25) is 0 Å². The maximum Gasteiger partial charge on any atom is 0.124 e. The zero-order valence-electron chi connectivity index (χ0n) is 11.0. The molecule has 1 saturated heterocycles. The highest BCUT2D eigenvalue weighted by Crippen LogP contribution is 2.21. The summed E-state index contributed by atoms with van der Waals surface area (Å²) in [6, 6.07) is 8.22. The first-order valence-corrected chi connectivity index (χ1v) is 7.53. The molecular formula is C15H19ClN2O. The number of imidazole rings is 1. The molecule has 0 spiro atoms. The van der Waals surface area contributed by atoms with E-state index >= 15 is 0 Å².